The van der Waals surface area contributed by atoms with Crippen molar-refractivity contribution in [1.29, 1.82) is 0 Å². The van der Waals surface area contributed by atoms with E-state index in [2.05, 4.69) is 46.3 Å². The van der Waals surface area contributed by atoms with Crippen LogP contribution in [0.3, 0.4) is 0 Å². The number of aliphatic hydroxyl groups is 2. The molecule has 19 heavy (non-hydrogen) atoms. The molecule has 0 heterocycles. The second kappa shape index (κ2) is 5.96. The largest absolute Gasteiger partial charge is 0.378 e. The molecule has 1 rings (SSSR count). The maximum Gasteiger partial charge on any atom is 0.120 e. The molecule has 0 aliphatic heterocycles. The maximum absolute atomic E-state index is 9.59. The van der Waals surface area contributed by atoms with Gasteiger partial charge in [0.15, 0.2) is 0 Å². The molecule has 1 aromatic rings. The molecule has 0 saturated heterocycles. The first-order valence-corrected chi connectivity index (χ1v) is 6.95. The Morgan fingerprint density at radius 3 is 1.53 bits per heavy atom. The van der Waals surface area contributed by atoms with E-state index in [0.29, 0.717) is 0 Å². The number of hydrogen-bond acceptors (Lipinski definition) is 2. The summed E-state index contributed by atoms with van der Waals surface area (Å²) in [6.45, 7) is 6.57. The standard InChI is InChI=1S/C16H17IO2/c1-15(2,18)7-5-12-9-13(11-14(17)10-12)6-8-16(3,4)19/h9-11,18-19H,1-4H3. The van der Waals surface area contributed by atoms with Crippen LogP contribution >= 0.6 is 22.6 Å². The van der Waals surface area contributed by atoms with Gasteiger partial charge in [0.1, 0.15) is 11.2 Å². The normalized spacial score (nSPS) is 11.1. The Hall–Kier alpha value is -1.01. The predicted octanol–water partition coefficient (Wildman–Crippen LogP) is 2.54. The SMILES string of the molecule is CC(C)(O)C#Cc1cc(I)cc(C#CC(C)(C)O)c1. The van der Waals surface area contributed by atoms with E-state index < -0.39 is 11.2 Å². The number of benzene rings is 1. The van der Waals surface area contributed by atoms with Gasteiger partial charge in [0.25, 0.3) is 0 Å². The van der Waals surface area contributed by atoms with Crippen LogP contribution in [0.2, 0.25) is 0 Å². The predicted molar refractivity (Wildman–Crippen MR) is 85.5 cm³/mol. The van der Waals surface area contributed by atoms with E-state index >= 15 is 0 Å². The van der Waals surface area contributed by atoms with Crippen LogP contribution in [0.4, 0.5) is 0 Å². The van der Waals surface area contributed by atoms with E-state index in [1.54, 1.807) is 27.7 Å². The molecule has 1 aromatic carbocycles. The van der Waals surface area contributed by atoms with Crippen molar-refractivity contribution in [3.8, 4) is 23.7 Å². The summed E-state index contributed by atoms with van der Waals surface area (Å²) in [5, 5.41) is 19.2. The topological polar surface area (TPSA) is 40.5 Å². The minimum Gasteiger partial charge on any atom is -0.378 e. The zero-order valence-electron chi connectivity index (χ0n) is 11.5. The quantitative estimate of drug-likeness (QED) is 0.546. The van der Waals surface area contributed by atoms with Crippen LogP contribution in [-0.4, -0.2) is 21.4 Å². The first kappa shape index (κ1) is 16.0. The van der Waals surface area contributed by atoms with Crippen LogP contribution in [0.15, 0.2) is 18.2 Å². The zero-order valence-corrected chi connectivity index (χ0v) is 13.7. The molecule has 0 spiro atoms. The van der Waals surface area contributed by atoms with Gasteiger partial charge in [-0.05, 0) is 68.5 Å². The van der Waals surface area contributed by atoms with Crippen LogP contribution in [-0.2, 0) is 0 Å². The summed E-state index contributed by atoms with van der Waals surface area (Å²) in [7, 11) is 0. The third-order valence-corrected chi connectivity index (χ3v) is 2.55. The summed E-state index contributed by atoms with van der Waals surface area (Å²) in [4.78, 5) is 0. The van der Waals surface area contributed by atoms with Gasteiger partial charge in [0, 0.05) is 14.7 Å². The van der Waals surface area contributed by atoms with Gasteiger partial charge < -0.3 is 10.2 Å². The van der Waals surface area contributed by atoms with Crippen LogP contribution in [0.25, 0.3) is 0 Å². The molecule has 0 aliphatic rings. The van der Waals surface area contributed by atoms with Gasteiger partial charge in [-0.1, -0.05) is 23.7 Å². The second-order valence-corrected chi connectivity index (χ2v) is 6.59. The lowest BCUT2D eigenvalue weighted by Gasteiger charge is -2.07. The summed E-state index contributed by atoms with van der Waals surface area (Å²) >= 11 is 2.19. The molecule has 0 atom stereocenters. The first-order valence-electron chi connectivity index (χ1n) is 5.87. The molecule has 0 radical (unpaired) electrons. The van der Waals surface area contributed by atoms with Crippen LogP contribution in [0.1, 0.15) is 38.8 Å². The van der Waals surface area contributed by atoms with Gasteiger partial charge in [0.05, 0.1) is 0 Å². The summed E-state index contributed by atoms with van der Waals surface area (Å²) in [5.41, 5.74) is -0.427. The van der Waals surface area contributed by atoms with E-state index in [1.165, 1.54) is 0 Å². The Bertz CT molecular complexity index is 531. The summed E-state index contributed by atoms with van der Waals surface area (Å²) < 4.78 is 1.01. The second-order valence-electron chi connectivity index (χ2n) is 5.35. The minimum atomic E-state index is -1.01. The van der Waals surface area contributed by atoms with Crippen molar-refractivity contribution in [3.05, 3.63) is 32.9 Å². The molecular weight excluding hydrogens is 351 g/mol. The lowest BCUT2D eigenvalue weighted by molar-refractivity contribution is 0.143. The van der Waals surface area contributed by atoms with Gasteiger partial charge in [0.2, 0.25) is 0 Å². The summed E-state index contributed by atoms with van der Waals surface area (Å²) in [5.74, 6) is 11.4. The molecule has 0 fully saturated rings. The van der Waals surface area contributed by atoms with Crippen molar-refractivity contribution < 1.29 is 10.2 Å². The highest BCUT2D eigenvalue weighted by Crippen LogP contribution is 2.12. The molecule has 0 bridgehead atoms. The van der Waals surface area contributed by atoms with Gasteiger partial charge in [-0.3, -0.25) is 0 Å². The number of halogens is 1. The molecule has 0 unspecified atom stereocenters. The zero-order chi connectivity index (χ0) is 14.7. The van der Waals surface area contributed by atoms with Gasteiger partial charge >= 0.3 is 0 Å². The van der Waals surface area contributed by atoms with Crippen molar-refractivity contribution in [2.45, 2.75) is 38.9 Å². The molecule has 2 N–H and O–H groups in total. The Morgan fingerprint density at radius 1 is 0.842 bits per heavy atom. The molecule has 0 saturated carbocycles. The molecule has 0 amide bonds. The lowest BCUT2D eigenvalue weighted by Crippen LogP contribution is -2.14. The highest BCUT2D eigenvalue weighted by Gasteiger charge is 2.07. The van der Waals surface area contributed by atoms with Gasteiger partial charge in [-0.25, -0.2) is 0 Å². The fourth-order valence-corrected chi connectivity index (χ4v) is 1.86. The Labute approximate surface area is 128 Å². The van der Waals surface area contributed by atoms with Crippen LogP contribution in [0, 0.1) is 27.3 Å². The van der Waals surface area contributed by atoms with Crippen molar-refractivity contribution in [1.82, 2.24) is 0 Å². The number of rotatable bonds is 0. The molecule has 100 valence electrons. The van der Waals surface area contributed by atoms with E-state index in [1.807, 2.05) is 18.2 Å². The average Bonchev–Trinajstić information content (AvgIpc) is 2.21. The van der Waals surface area contributed by atoms with Crippen molar-refractivity contribution in [2.24, 2.45) is 0 Å². The van der Waals surface area contributed by atoms with E-state index in [-0.39, 0.29) is 0 Å². The van der Waals surface area contributed by atoms with E-state index in [9.17, 15) is 10.2 Å². The van der Waals surface area contributed by atoms with Crippen LogP contribution in [0.5, 0.6) is 0 Å². The Balaban J connectivity index is 3.13. The summed E-state index contributed by atoms with van der Waals surface area (Å²) in [6.07, 6.45) is 0. The fraction of sp³-hybridized carbons (Fsp3) is 0.375. The van der Waals surface area contributed by atoms with Gasteiger partial charge in [-0.2, -0.15) is 0 Å². The maximum atomic E-state index is 9.59. The Kier molecular flexibility index (Phi) is 5.04. The minimum absolute atomic E-state index is 0.800. The monoisotopic (exact) mass is 368 g/mol. The van der Waals surface area contributed by atoms with Crippen molar-refractivity contribution >= 4 is 22.6 Å². The first-order chi connectivity index (χ1) is 8.55. The smallest absolute Gasteiger partial charge is 0.120 e. The Morgan fingerprint density at radius 2 is 1.21 bits per heavy atom. The highest BCUT2D eigenvalue weighted by molar-refractivity contribution is 14.1. The lowest BCUT2D eigenvalue weighted by atomic mass is 10.1. The molecule has 2 nitrogen and oxygen atoms in total. The van der Waals surface area contributed by atoms with Crippen LogP contribution < -0.4 is 0 Å². The van der Waals surface area contributed by atoms with Crippen molar-refractivity contribution in [3.63, 3.8) is 0 Å². The number of hydrogen-bond donors (Lipinski definition) is 2. The fourth-order valence-electron chi connectivity index (χ4n) is 1.18. The van der Waals surface area contributed by atoms with Gasteiger partial charge in [-0.15, -0.1) is 0 Å². The van der Waals surface area contributed by atoms with E-state index in [0.717, 1.165) is 14.7 Å². The van der Waals surface area contributed by atoms with Crippen molar-refractivity contribution in [2.75, 3.05) is 0 Å². The summed E-state index contributed by atoms with van der Waals surface area (Å²) in [6, 6.07) is 5.70. The highest BCUT2D eigenvalue weighted by atomic mass is 127. The molecule has 0 aromatic heterocycles. The molecule has 0 aliphatic carbocycles. The average molecular weight is 368 g/mol. The third kappa shape index (κ3) is 7.22. The third-order valence-electron chi connectivity index (χ3n) is 1.92. The molecular formula is C16H17IO2. The molecule has 3 heteroatoms. The van der Waals surface area contributed by atoms with E-state index in [4.69, 9.17) is 0 Å².